The molecule has 176 valence electrons. The molecule has 2 aromatic carbocycles. The van der Waals surface area contributed by atoms with Crippen molar-refractivity contribution < 1.29 is 4.74 Å². The fraction of sp³-hybridized carbons (Fsp3) is 0.613. The highest BCUT2D eigenvalue weighted by molar-refractivity contribution is 5.64. The quantitative estimate of drug-likeness (QED) is 0.285. The molecule has 0 heterocycles. The Kier molecular flexibility index (Phi) is 10.7. The summed E-state index contributed by atoms with van der Waals surface area (Å²) in [5.74, 6) is 3.33. The summed E-state index contributed by atoms with van der Waals surface area (Å²) in [6.45, 7) is 7.54. The molecule has 0 aromatic heterocycles. The lowest BCUT2D eigenvalue weighted by Gasteiger charge is -2.29. The summed E-state index contributed by atoms with van der Waals surface area (Å²) in [4.78, 5) is 0. The summed E-state index contributed by atoms with van der Waals surface area (Å²) < 4.78 is 5.90. The molecule has 1 unspecified atom stereocenters. The molecule has 1 aliphatic carbocycles. The third kappa shape index (κ3) is 7.98. The van der Waals surface area contributed by atoms with E-state index in [1.54, 1.807) is 5.56 Å². The molecule has 1 aliphatic rings. The summed E-state index contributed by atoms with van der Waals surface area (Å²) in [5, 5.41) is 0. The number of rotatable bonds is 13. The second kappa shape index (κ2) is 13.7. The fourth-order valence-corrected chi connectivity index (χ4v) is 5.05. The predicted molar refractivity (Wildman–Crippen MR) is 140 cm³/mol. The van der Waals surface area contributed by atoms with Crippen LogP contribution in [0.3, 0.4) is 0 Å². The second-order valence-electron chi connectivity index (χ2n) is 10.2. The van der Waals surface area contributed by atoms with E-state index in [1.807, 2.05) is 0 Å². The maximum Gasteiger partial charge on any atom is 0.119 e. The molecule has 0 N–H and O–H groups in total. The lowest BCUT2D eigenvalue weighted by molar-refractivity contribution is 0.256. The summed E-state index contributed by atoms with van der Waals surface area (Å²) in [5.41, 5.74) is 4.12. The first-order valence-corrected chi connectivity index (χ1v) is 13.5. The summed E-state index contributed by atoms with van der Waals surface area (Å²) >= 11 is 0. The van der Waals surface area contributed by atoms with E-state index in [0.29, 0.717) is 5.92 Å². The zero-order valence-corrected chi connectivity index (χ0v) is 21.0. The molecular formula is C31H46O. The highest BCUT2D eigenvalue weighted by atomic mass is 16.5. The Bertz CT molecular complexity index is 737. The Labute approximate surface area is 198 Å². The molecule has 1 saturated carbocycles. The van der Waals surface area contributed by atoms with E-state index in [-0.39, 0.29) is 0 Å². The van der Waals surface area contributed by atoms with Crippen LogP contribution in [0.5, 0.6) is 5.75 Å². The minimum Gasteiger partial charge on any atom is -0.493 e. The van der Waals surface area contributed by atoms with Gasteiger partial charge in [-0.05, 0) is 72.3 Å². The first kappa shape index (κ1) is 24.9. The van der Waals surface area contributed by atoms with Crippen LogP contribution in [0, 0.1) is 11.8 Å². The SMILES string of the molecule is CCCCCCCCC1CCC(c2ccc(-c3ccc(OCC(C)CC)cc3)cc2)CC1. The van der Waals surface area contributed by atoms with Crippen molar-refractivity contribution in [2.75, 3.05) is 6.61 Å². The lowest BCUT2D eigenvalue weighted by Crippen LogP contribution is -2.13. The topological polar surface area (TPSA) is 9.23 Å². The Morgan fingerprint density at radius 1 is 0.750 bits per heavy atom. The molecular weight excluding hydrogens is 388 g/mol. The highest BCUT2D eigenvalue weighted by Crippen LogP contribution is 2.38. The van der Waals surface area contributed by atoms with Gasteiger partial charge in [0.05, 0.1) is 6.61 Å². The number of hydrogen-bond donors (Lipinski definition) is 0. The smallest absolute Gasteiger partial charge is 0.119 e. The van der Waals surface area contributed by atoms with E-state index in [0.717, 1.165) is 30.6 Å². The van der Waals surface area contributed by atoms with Crippen molar-refractivity contribution in [1.29, 1.82) is 0 Å². The van der Waals surface area contributed by atoms with Crippen molar-refractivity contribution in [3.05, 3.63) is 54.1 Å². The van der Waals surface area contributed by atoms with Crippen LogP contribution < -0.4 is 4.74 Å². The molecule has 0 radical (unpaired) electrons. The molecule has 32 heavy (non-hydrogen) atoms. The minimum absolute atomic E-state index is 0.604. The van der Waals surface area contributed by atoms with Gasteiger partial charge in [-0.1, -0.05) is 109 Å². The molecule has 0 bridgehead atoms. The monoisotopic (exact) mass is 434 g/mol. The van der Waals surface area contributed by atoms with Crippen molar-refractivity contribution >= 4 is 0 Å². The Balaban J connectivity index is 1.42. The number of benzene rings is 2. The molecule has 3 rings (SSSR count). The summed E-state index contributed by atoms with van der Waals surface area (Å²) in [7, 11) is 0. The van der Waals surface area contributed by atoms with Crippen LogP contribution >= 0.6 is 0 Å². The van der Waals surface area contributed by atoms with Gasteiger partial charge in [0.15, 0.2) is 0 Å². The second-order valence-corrected chi connectivity index (χ2v) is 10.2. The molecule has 1 atom stereocenters. The maximum atomic E-state index is 5.90. The molecule has 1 fully saturated rings. The molecule has 0 spiro atoms. The van der Waals surface area contributed by atoms with E-state index < -0.39 is 0 Å². The van der Waals surface area contributed by atoms with Crippen LogP contribution in [0.2, 0.25) is 0 Å². The van der Waals surface area contributed by atoms with E-state index in [2.05, 4.69) is 69.3 Å². The zero-order chi connectivity index (χ0) is 22.6. The van der Waals surface area contributed by atoms with E-state index in [9.17, 15) is 0 Å². The highest BCUT2D eigenvalue weighted by Gasteiger charge is 2.22. The van der Waals surface area contributed by atoms with Crippen LogP contribution in [-0.2, 0) is 0 Å². The van der Waals surface area contributed by atoms with Gasteiger partial charge in [0.1, 0.15) is 5.75 Å². The Hall–Kier alpha value is -1.76. The van der Waals surface area contributed by atoms with Crippen LogP contribution in [0.1, 0.15) is 109 Å². The molecule has 1 heteroatoms. The van der Waals surface area contributed by atoms with Crippen LogP contribution in [-0.4, -0.2) is 6.61 Å². The van der Waals surface area contributed by atoms with Gasteiger partial charge in [-0.3, -0.25) is 0 Å². The third-order valence-electron chi connectivity index (χ3n) is 7.61. The van der Waals surface area contributed by atoms with Gasteiger partial charge in [0.25, 0.3) is 0 Å². The zero-order valence-electron chi connectivity index (χ0n) is 21.0. The van der Waals surface area contributed by atoms with Gasteiger partial charge in [-0.25, -0.2) is 0 Å². The Morgan fingerprint density at radius 2 is 1.34 bits per heavy atom. The summed E-state index contributed by atoms with van der Waals surface area (Å²) in [6, 6.07) is 18.0. The van der Waals surface area contributed by atoms with Gasteiger partial charge < -0.3 is 4.74 Å². The van der Waals surface area contributed by atoms with Crippen molar-refractivity contribution in [1.82, 2.24) is 0 Å². The van der Waals surface area contributed by atoms with Crippen LogP contribution in [0.15, 0.2) is 48.5 Å². The normalized spacial score (nSPS) is 19.6. The van der Waals surface area contributed by atoms with Crippen molar-refractivity contribution in [3.8, 4) is 16.9 Å². The Morgan fingerprint density at radius 3 is 1.97 bits per heavy atom. The van der Waals surface area contributed by atoms with Gasteiger partial charge in [-0.15, -0.1) is 0 Å². The maximum absolute atomic E-state index is 5.90. The lowest BCUT2D eigenvalue weighted by atomic mass is 9.77. The van der Waals surface area contributed by atoms with Gasteiger partial charge >= 0.3 is 0 Å². The minimum atomic E-state index is 0.604. The van der Waals surface area contributed by atoms with E-state index in [4.69, 9.17) is 4.74 Å². The standard InChI is InChI=1S/C31H46O/c1-4-6-7-8-9-10-11-26-12-14-27(15-13-26)28-16-18-29(19-17-28)30-20-22-31(23-21-30)32-24-25(3)5-2/h16-23,25-27H,4-15,24H2,1-3H3. The fourth-order valence-electron chi connectivity index (χ4n) is 5.05. The predicted octanol–water partition coefficient (Wildman–Crippen LogP) is 9.80. The number of hydrogen-bond acceptors (Lipinski definition) is 1. The van der Waals surface area contributed by atoms with Crippen molar-refractivity contribution in [2.45, 2.75) is 104 Å². The van der Waals surface area contributed by atoms with Gasteiger partial charge in [0, 0.05) is 0 Å². The molecule has 0 saturated heterocycles. The summed E-state index contributed by atoms with van der Waals surface area (Å²) in [6.07, 6.45) is 16.8. The molecule has 2 aromatic rings. The number of unbranched alkanes of at least 4 members (excludes halogenated alkanes) is 5. The first-order chi connectivity index (χ1) is 15.7. The van der Waals surface area contributed by atoms with E-state index >= 15 is 0 Å². The first-order valence-electron chi connectivity index (χ1n) is 13.5. The molecule has 0 amide bonds. The van der Waals surface area contributed by atoms with Crippen LogP contribution in [0.25, 0.3) is 11.1 Å². The average molecular weight is 435 g/mol. The van der Waals surface area contributed by atoms with Crippen molar-refractivity contribution in [2.24, 2.45) is 11.8 Å². The largest absolute Gasteiger partial charge is 0.493 e. The third-order valence-corrected chi connectivity index (χ3v) is 7.61. The number of ether oxygens (including phenoxy) is 1. The van der Waals surface area contributed by atoms with E-state index in [1.165, 1.54) is 81.8 Å². The molecule has 1 nitrogen and oxygen atoms in total. The van der Waals surface area contributed by atoms with Gasteiger partial charge in [-0.2, -0.15) is 0 Å². The van der Waals surface area contributed by atoms with Crippen molar-refractivity contribution in [3.63, 3.8) is 0 Å². The average Bonchev–Trinajstić information content (AvgIpc) is 2.85. The molecule has 0 aliphatic heterocycles. The van der Waals surface area contributed by atoms with Crippen LogP contribution in [0.4, 0.5) is 0 Å². The van der Waals surface area contributed by atoms with Gasteiger partial charge in [0.2, 0.25) is 0 Å².